The van der Waals surface area contributed by atoms with Crippen LogP contribution in [0.4, 0.5) is 18.9 Å². The van der Waals surface area contributed by atoms with Crippen LogP contribution in [0, 0.1) is 6.92 Å². The fraction of sp³-hybridized carbons (Fsp3) is 0.143. The van der Waals surface area contributed by atoms with E-state index in [1.165, 1.54) is 6.07 Å². The lowest BCUT2D eigenvalue weighted by atomic mass is 10.0. The molecular weight excluding hydrogens is 255 g/mol. The smallest absolute Gasteiger partial charge is 0.405 e. The van der Waals surface area contributed by atoms with Crippen molar-refractivity contribution in [3.8, 4) is 16.9 Å². The molecule has 2 N–H and O–H groups in total. The maximum atomic E-state index is 12.4. The fourth-order valence-corrected chi connectivity index (χ4v) is 1.79. The van der Waals surface area contributed by atoms with Gasteiger partial charge in [0.1, 0.15) is 5.75 Å². The van der Waals surface area contributed by atoms with Gasteiger partial charge in [0.05, 0.1) is 0 Å². The normalized spacial score (nSPS) is 11.4. The summed E-state index contributed by atoms with van der Waals surface area (Å²) in [6.45, 7) is 1.80. The molecule has 0 aliphatic heterocycles. The summed E-state index contributed by atoms with van der Waals surface area (Å²) in [5.41, 5.74) is 7.92. The second-order valence-electron chi connectivity index (χ2n) is 4.17. The van der Waals surface area contributed by atoms with E-state index in [4.69, 9.17) is 5.73 Å². The van der Waals surface area contributed by atoms with Crippen LogP contribution in [0.15, 0.2) is 42.5 Å². The molecule has 0 aliphatic carbocycles. The van der Waals surface area contributed by atoms with Crippen molar-refractivity contribution in [3.05, 3.63) is 48.0 Å². The number of hydrogen-bond acceptors (Lipinski definition) is 2. The minimum Gasteiger partial charge on any atom is -0.405 e. The van der Waals surface area contributed by atoms with Crippen LogP contribution in [0.3, 0.4) is 0 Å². The van der Waals surface area contributed by atoms with Crippen LogP contribution in [-0.4, -0.2) is 6.36 Å². The zero-order valence-corrected chi connectivity index (χ0v) is 10.2. The Morgan fingerprint density at radius 3 is 2.42 bits per heavy atom. The van der Waals surface area contributed by atoms with Crippen LogP contribution < -0.4 is 10.5 Å². The van der Waals surface area contributed by atoms with Gasteiger partial charge in [-0.25, -0.2) is 0 Å². The second-order valence-corrected chi connectivity index (χ2v) is 4.17. The molecular formula is C14H12F3NO. The molecule has 100 valence electrons. The predicted molar refractivity (Wildman–Crippen MR) is 67.7 cm³/mol. The van der Waals surface area contributed by atoms with E-state index in [1.54, 1.807) is 43.3 Å². The van der Waals surface area contributed by atoms with Gasteiger partial charge in [-0.15, -0.1) is 13.2 Å². The van der Waals surface area contributed by atoms with Gasteiger partial charge in [0, 0.05) is 11.3 Å². The van der Waals surface area contributed by atoms with E-state index in [2.05, 4.69) is 4.74 Å². The molecule has 2 aromatic carbocycles. The molecule has 0 bridgehead atoms. The van der Waals surface area contributed by atoms with Gasteiger partial charge in [-0.05, 0) is 36.8 Å². The molecule has 2 rings (SSSR count). The molecule has 0 amide bonds. The van der Waals surface area contributed by atoms with Crippen molar-refractivity contribution in [3.63, 3.8) is 0 Å². The zero-order chi connectivity index (χ0) is 14.0. The molecule has 2 aromatic rings. The summed E-state index contributed by atoms with van der Waals surface area (Å²) >= 11 is 0. The van der Waals surface area contributed by atoms with Crippen molar-refractivity contribution in [2.45, 2.75) is 13.3 Å². The van der Waals surface area contributed by atoms with Crippen molar-refractivity contribution in [2.75, 3.05) is 5.73 Å². The van der Waals surface area contributed by atoms with Gasteiger partial charge in [-0.1, -0.05) is 23.8 Å². The molecule has 0 saturated carbocycles. The van der Waals surface area contributed by atoms with Gasteiger partial charge >= 0.3 is 6.36 Å². The van der Waals surface area contributed by atoms with Crippen molar-refractivity contribution < 1.29 is 17.9 Å². The summed E-state index contributed by atoms with van der Waals surface area (Å²) in [5, 5.41) is 0. The maximum absolute atomic E-state index is 12.4. The van der Waals surface area contributed by atoms with Crippen LogP contribution in [0.1, 0.15) is 5.56 Å². The fourth-order valence-electron chi connectivity index (χ4n) is 1.79. The van der Waals surface area contributed by atoms with E-state index in [9.17, 15) is 13.2 Å². The predicted octanol–water partition coefficient (Wildman–Crippen LogP) is 4.14. The van der Waals surface area contributed by atoms with Crippen LogP contribution >= 0.6 is 0 Å². The first kappa shape index (κ1) is 13.3. The van der Waals surface area contributed by atoms with E-state index in [-0.39, 0.29) is 5.75 Å². The summed E-state index contributed by atoms with van der Waals surface area (Å²) in [4.78, 5) is 0. The SMILES string of the molecule is Cc1ccc(OC(F)(F)F)c(-c2cccc(N)c2)c1. The molecule has 0 aliphatic rings. The number of benzene rings is 2. The average Bonchev–Trinajstić information content (AvgIpc) is 2.30. The van der Waals surface area contributed by atoms with Gasteiger partial charge in [0.25, 0.3) is 0 Å². The molecule has 0 fully saturated rings. The number of anilines is 1. The Bertz CT molecular complexity index is 593. The first-order chi connectivity index (χ1) is 8.85. The monoisotopic (exact) mass is 267 g/mol. The summed E-state index contributed by atoms with van der Waals surface area (Å²) in [5.74, 6) is -0.233. The molecule has 0 unspecified atom stereocenters. The average molecular weight is 267 g/mol. The van der Waals surface area contributed by atoms with Crippen LogP contribution in [0.2, 0.25) is 0 Å². The molecule has 0 radical (unpaired) electrons. The maximum Gasteiger partial charge on any atom is 0.573 e. The van der Waals surface area contributed by atoms with Gasteiger partial charge in [0.2, 0.25) is 0 Å². The van der Waals surface area contributed by atoms with Gasteiger partial charge in [-0.2, -0.15) is 0 Å². The van der Waals surface area contributed by atoms with E-state index < -0.39 is 6.36 Å². The Morgan fingerprint density at radius 1 is 1.05 bits per heavy atom. The molecule has 0 aromatic heterocycles. The highest BCUT2D eigenvalue weighted by molar-refractivity contribution is 5.73. The number of rotatable bonds is 2. The van der Waals surface area contributed by atoms with Crippen LogP contribution in [0.25, 0.3) is 11.1 Å². The van der Waals surface area contributed by atoms with Crippen molar-refractivity contribution in [1.82, 2.24) is 0 Å². The quantitative estimate of drug-likeness (QED) is 0.830. The second kappa shape index (κ2) is 4.84. The summed E-state index contributed by atoms with van der Waals surface area (Å²) in [6, 6.07) is 11.2. The van der Waals surface area contributed by atoms with Crippen molar-refractivity contribution >= 4 is 5.69 Å². The summed E-state index contributed by atoms with van der Waals surface area (Å²) in [6.07, 6.45) is -4.72. The van der Waals surface area contributed by atoms with E-state index in [1.807, 2.05) is 0 Å². The molecule has 0 spiro atoms. The standard InChI is InChI=1S/C14H12F3NO/c1-9-5-6-13(19-14(15,16)17)12(7-9)10-3-2-4-11(18)8-10/h2-8H,18H2,1H3. The number of alkyl halides is 3. The third-order valence-corrected chi connectivity index (χ3v) is 2.56. The summed E-state index contributed by atoms with van der Waals surface area (Å²) in [7, 11) is 0. The van der Waals surface area contributed by atoms with Crippen molar-refractivity contribution in [2.24, 2.45) is 0 Å². The Labute approximate surface area is 108 Å². The highest BCUT2D eigenvalue weighted by atomic mass is 19.4. The molecule has 5 heteroatoms. The van der Waals surface area contributed by atoms with Crippen molar-refractivity contribution in [1.29, 1.82) is 0 Å². The van der Waals surface area contributed by atoms with E-state index >= 15 is 0 Å². The van der Waals surface area contributed by atoms with Crippen LogP contribution in [-0.2, 0) is 0 Å². The number of aryl methyl sites for hydroxylation is 1. The third kappa shape index (κ3) is 3.40. The van der Waals surface area contributed by atoms with Gasteiger partial charge in [0.15, 0.2) is 0 Å². The lowest BCUT2D eigenvalue weighted by Crippen LogP contribution is -2.17. The number of nitrogen functional groups attached to an aromatic ring is 1. The minimum absolute atomic E-state index is 0.233. The van der Waals surface area contributed by atoms with Gasteiger partial charge in [-0.3, -0.25) is 0 Å². The largest absolute Gasteiger partial charge is 0.573 e. The lowest BCUT2D eigenvalue weighted by Gasteiger charge is -2.14. The first-order valence-electron chi connectivity index (χ1n) is 5.57. The topological polar surface area (TPSA) is 35.2 Å². The molecule has 0 saturated heterocycles. The number of hydrogen-bond donors (Lipinski definition) is 1. The highest BCUT2D eigenvalue weighted by Gasteiger charge is 2.32. The molecule has 0 heterocycles. The lowest BCUT2D eigenvalue weighted by molar-refractivity contribution is -0.274. The summed E-state index contributed by atoms with van der Waals surface area (Å²) < 4.78 is 41.2. The van der Waals surface area contributed by atoms with E-state index in [0.29, 0.717) is 16.8 Å². The number of ether oxygens (including phenoxy) is 1. The Hall–Kier alpha value is -2.17. The number of nitrogens with two attached hydrogens (primary N) is 1. The van der Waals surface area contributed by atoms with E-state index in [0.717, 1.165) is 5.56 Å². The Morgan fingerprint density at radius 2 is 1.79 bits per heavy atom. The molecule has 19 heavy (non-hydrogen) atoms. The number of halogens is 3. The molecule has 0 atom stereocenters. The third-order valence-electron chi connectivity index (χ3n) is 2.56. The highest BCUT2D eigenvalue weighted by Crippen LogP contribution is 2.35. The van der Waals surface area contributed by atoms with Crippen LogP contribution in [0.5, 0.6) is 5.75 Å². The minimum atomic E-state index is -4.72. The Balaban J connectivity index is 2.51. The van der Waals surface area contributed by atoms with Gasteiger partial charge < -0.3 is 10.5 Å². The Kier molecular flexibility index (Phi) is 3.38. The zero-order valence-electron chi connectivity index (χ0n) is 10.2. The first-order valence-corrected chi connectivity index (χ1v) is 5.57. The molecule has 2 nitrogen and oxygen atoms in total.